The van der Waals surface area contributed by atoms with Crippen LogP contribution < -0.4 is 5.32 Å². The number of amides is 3. The summed E-state index contributed by atoms with van der Waals surface area (Å²) < 4.78 is 5.00. The molecule has 0 unspecified atom stereocenters. The molecule has 130 valence electrons. The van der Waals surface area contributed by atoms with Crippen molar-refractivity contribution in [3.63, 3.8) is 0 Å². The van der Waals surface area contributed by atoms with E-state index in [1.54, 1.807) is 16.7 Å². The number of piperazine rings is 1. The smallest absolute Gasteiger partial charge is 0.409 e. The largest absolute Gasteiger partial charge is 0.450 e. The Bertz CT molecular complexity index is 610. The number of urea groups is 1. The Kier molecular flexibility index (Phi) is 5.23. The zero-order chi connectivity index (χ0) is 16.9. The zero-order valence-corrected chi connectivity index (χ0v) is 14.2. The van der Waals surface area contributed by atoms with Gasteiger partial charge >= 0.3 is 12.1 Å². The highest BCUT2D eigenvalue weighted by atomic mass is 16.6. The van der Waals surface area contributed by atoms with Crippen molar-refractivity contribution >= 4 is 17.8 Å². The highest BCUT2D eigenvalue weighted by molar-refractivity contribution is 5.90. The van der Waals surface area contributed by atoms with Crippen LogP contribution in [0.4, 0.5) is 15.3 Å². The monoisotopic (exact) mass is 331 g/mol. The van der Waals surface area contributed by atoms with Crippen molar-refractivity contribution < 1.29 is 14.3 Å². The molecule has 1 aromatic rings. The first-order chi connectivity index (χ1) is 11.7. The average molecular weight is 331 g/mol. The normalized spacial score (nSPS) is 17.2. The molecule has 0 atom stereocenters. The Balaban J connectivity index is 1.58. The Morgan fingerprint density at radius 1 is 1.08 bits per heavy atom. The number of aryl methyl sites for hydroxylation is 1. The number of hydrogen-bond acceptors (Lipinski definition) is 3. The minimum atomic E-state index is -0.297. The lowest BCUT2D eigenvalue weighted by molar-refractivity contribution is 0.0868. The van der Waals surface area contributed by atoms with E-state index in [9.17, 15) is 9.59 Å². The van der Waals surface area contributed by atoms with Gasteiger partial charge in [-0.3, -0.25) is 0 Å². The van der Waals surface area contributed by atoms with E-state index >= 15 is 0 Å². The number of nitrogens with zero attached hydrogens (tertiary/aromatic N) is 2. The molecule has 1 heterocycles. The van der Waals surface area contributed by atoms with Gasteiger partial charge in [-0.15, -0.1) is 0 Å². The van der Waals surface area contributed by atoms with Gasteiger partial charge in [0.05, 0.1) is 6.61 Å². The second-order valence-corrected chi connectivity index (χ2v) is 6.25. The molecule has 1 fully saturated rings. The molecule has 1 N–H and O–H groups in total. The van der Waals surface area contributed by atoms with Crippen molar-refractivity contribution in [2.45, 2.75) is 32.6 Å². The molecule has 24 heavy (non-hydrogen) atoms. The van der Waals surface area contributed by atoms with E-state index < -0.39 is 0 Å². The minimum absolute atomic E-state index is 0.0857. The zero-order valence-electron chi connectivity index (χ0n) is 14.2. The number of fused-ring (bicyclic) bond motifs is 1. The van der Waals surface area contributed by atoms with Gasteiger partial charge in [-0.2, -0.15) is 0 Å². The van der Waals surface area contributed by atoms with E-state index in [1.165, 1.54) is 24.0 Å². The summed E-state index contributed by atoms with van der Waals surface area (Å²) in [6.07, 6.45) is 4.23. The maximum atomic E-state index is 12.5. The number of benzene rings is 1. The Morgan fingerprint density at radius 3 is 2.54 bits per heavy atom. The third kappa shape index (κ3) is 3.63. The van der Waals surface area contributed by atoms with Crippen LogP contribution in [0.3, 0.4) is 0 Å². The maximum absolute atomic E-state index is 12.5. The highest BCUT2D eigenvalue weighted by Gasteiger charge is 2.25. The molecule has 1 aliphatic carbocycles. The Labute approximate surface area is 142 Å². The Hall–Kier alpha value is -2.24. The summed E-state index contributed by atoms with van der Waals surface area (Å²) in [5.41, 5.74) is 3.57. The molecule has 0 aromatic heterocycles. The quantitative estimate of drug-likeness (QED) is 0.906. The van der Waals surface area contributed by atoms with Crippen LogP contribution in [0, 0.1) is 0 Å². The van der Waals surface area contributed by atoms with Crippen LogP contribution in [0.15, 0.2) is 18.2 Å². The van der Waals surface area contributed by atoms with Gasteiger partial charge in [0, 0.05) is 31.9 Å². The van der Waals surface area contributed by atoms with Gasteiger partial charge in [-0.1, -0.05) is 12.1 Å². The molecule has 6 nitrogen and oxygen atoms in total. The highest BCUT2D eigenvalue weighted by Crippen LogP contribution is 2.28. The predicted octanol–water partition coefficient (Wildman–Crippen LogP) is 2.87. The standard InChI is InChI=1S/C18H25N3O3/c1-2-24-18(23)21-12-10-20(11-13-21)17(22)19-16-9-5-7-14-6-3-4-8-15(14)16/h5,7,9H,2-4,6,8,10-13H2,1H3,(H,19,22). The molecule has 1 saturated heterocycles. The van der Waals surface area contributed by atoms with Crippen LogP contribution in [0.5, 0.6) is 0 Å². The SMILES string of the molecule is CCOC(=O)N1CCN(C(=O)Nc2cccc3c2CCCC3)CC1. The summed E-state index contributed by atoms with van der Waals surface area (Å²) in [6, 6.07) is 6.06. The van der Waals surface area contributed by atoms with Crippen LogP contribution in [-0.4, -0.2) is 54.7 Å². The van der Waals surface area contributed by atoms with Crippen LogP contribution in [0.25, 0.3) is 0 Å². The molecular weight excluding hydrogens is 306 g/mol. The molecule has 2 aliphatic rings. The van der Waals surface area contributed by atoms with Crippen molar-refractivity contribution in [1.82, 2.24) is 9.80 Å². The number of rotatable bonds is 2. The van der Waals surface area contributed by atoms with E-state index in [4.69, 9.17) is 4.74 Å². The summed E-state index contributed by atoms with van der Waals surface area (Å²) in [5, 5.41) is 3.06. The molecule has 0 bridgehead atoms. The molecule has 3 amide bonds. The number of ether oxygens (including phenoxy) is 1. The molecule has 3 rings (SSSR count). The van der Waals surface area contributed by atoms with Gasteiger partial charge in [-0.25, -0.2) is 9.59 Å². The van der Waals surface area contributed by atoms with Crippen molar-refractivity contribution in [2.24, 2.45) is 0 Å². The number of carbonyl (C=O) groups excluding carboxylic acids is 2. The maximum Gasteiger partial charge on any atom is 0.409 e. The molecule has 0 saturated carbocycles. The number of anilines is 1. The van der Waals surface area contributed by atoms with Crippen molar-refractivity contribution in [3.8, 4) is 0 Å². The molecule has 0 spiro atoms. The molecule has 6 heteroatoms. The van der Waals surface area contributed by atoms with Crippen molar-refractivity contribution in [2.75, 3.05) is 38.1 Å². The van der Waals surface area contributed by atoms with Gasteiger partial charge in [-0.05, 0) is 49.8 Å². The van der Waals surface area contributed by atoms with Crippen LogP contribution in [0.1, 0.15) is 30.9 Å². The van der Waals surface area contributed by atoms with Crippen LogP contribution in [-0.2, 0) is 17.6 Å². The van der Waals surface area contributed by atoms with Crippen molar-refractivity contribution in [3.05, 3.63) is 29.3 Å². The molecular formula is C18H25N3O3. The van der Waals surface area contributed by atoms with E-state index in [0.29, 0.717) is 32.8 Å². The first-order valence-electron chi connectivity index (χ1n) is 8.77. The third-order valence-electron chi connectivity index (χ3n) is 4.73. The first kappa shape index (κ1) is 16.6. The predicted molar refractivity (Wildman–Crippen MR) is 92.3 cm³/mol. The van der Waals surface area contributed by atoms with Gasteiger partial charge in [0.2, 0.25) is 0 Å². The van der Waals surface area contributed by atoms with Gasteiger partial charge in [0.1, 0.15) is 0 Å². The first-order valence-corrected chi connectivity index (χ1v) is 8.77. The summed E-state index contributed by atoms with van der Waals surface area (Å²) in [7, 11) is 0. The number of nitrogens with one attached hydrogen (secondary N) is 1. The third-order valence-corrected chi connectivity index (χ3v) is 4.73. The van der Waals surface area contributed by atoms with Gasteiger partial charge in [0.25, 0.3) is 0 Å². The second-order valence-electron chi connectivity index (χ2n) is 6.25. The summed E-state index contributed by atoms with van der Waals surface area (Å²) in [6.45, 7) is 4.25. The van der Waals surface area contributed by atoms with E-state index in [-0.39, 0.29) is 12.1 Å². The summed E-state index contributed by atoms with van der Waals surface area (Å²) in [4.78, 5) is 27.7. The number of carbonyl (C=O) groups is 2. The van der Waals surface area contributed by atoms with Gasteiger partial charge in [0.15, 0.2) is 0 Å². The fraction of sp³-hybridized carbons (Fsp3) is 0.556. The Morgan fingerprint density at radius 2 is 1.79 bits per heavy atom. The van der Waals surface area contributed by atoms with E-state index in [0.717, 1.165) is 18.5 Å². The summed E-state index contributed by atoms with van der Waals surface area (Å²) >= 11 is 0. The lowest BCUT2D eigenvalue weighted by Crippen LogP contribution is -2.51. The molecule has 0 radical (unpaired) electrons. The summed E-state index contributed by atoms with van der Waals surface area (Å²) in [5.74, 6) is 0. The molecule has 1 aromatic carbocycles. The topological polar surface area (TPSA) is 61.9 Å². The van der Waals surface area contributed by atoms with Crippen LogP contribution >= 0.6 is 0 Å². The van der Waals surface area contributed by atoms with Crippen molar-refractivity contribution in [1.29, 1.82) is 0 Å². The number of hydrogen-bond donors (Lipinski definition) is 1. The van der Waals surface area contributed by atoms with E-state index in [1.807, 2.05) is 12.1 Å². The molecule has 1 aliphatic heterocycles. The lowest BCUT2D eigenvalue weighted by atomic mass is 9.90. The van der Waals surface area contributed by atoms with Gasteiger partial charge < -0.3 is 19.9 Å². The lowest BCUT2D eigenvalue weighted by Gasteiger charge is -2.34. The average Bonchev–Trinajstić information content (AvgIpc) is 2.62. The fourth-order valence-corrected chi connectivity index (χ4v) is 3.40. The minimum Gasteiger partial charge on any atom is -0.450 e. The fourth-order valence-electron chi connectivity index (χ4n) is 3.40. The van der Waals surface area contributed by atoms with Crippen LogP contribution in [0.2, 0.25) is 0 Å². The van der Waals surface area contributed by atoms with E-state index in [2.05, 4.69) is 11.4 Å². The second kappa shape index (κ2) is 7.55.